The SMILES string of the molecule is Nc1ccc(=O)n(CCCSc2ccc(F)cc2F)c1. The fourth-order valence-electron chi connectivity index (χ4n) is 1.73. The quantitative estimate of drug-likeness (QED) is 0.682. The molecule has 2 N–H and O–H groups in total. The minimum Gasteiger partial charge on any atom is -0.398 e. The predicted molar refractivity (Wildman–Crippen MR) is 76.8 cm³/mol. The van der Waals surface area contributed by atoms with Gasteiger partial charge in [-0.1, -0.05) is 0 Å². The lowest BCUT2D eigenvalue weighted by atomic mass is 10.3. The number of anilines is 1. The highest BCUT2D eigenvalue weighted by Gasteiger charge is 2.04. The number of nitrogens with two attached hydrogens (primary N) is 1. The van der Waals surface area contributed by atoms with E-state index < -0.39 is 11.6 Å². The number of hydrogen-bond acceptors (Lipinski definition) is 3. The van der Waals surface area contributed by atoms with Crippen molar-refractivity contribution in [1.29, 1.82) is 0 Å². The van der Waals surface area contributed by atoms with E-state index in [-0.39, 0.29) is 5.56 Å². The van der Waals surface area contributed by atoms with Gasteiger partial charge in [-0.2, -0.15) is 0 Å². The molecule has 0 spiro atoms. The van der Waals surface area contributed by atoms with Crippen LogP contribution in [0.15, 0.2) is 46.2 Å². The molecule has 1 aromatic heterocycles. The lowest BCUT2D eigenvalue weighted by Gasteiger charge is -2.06. The molecule has 0 atom stereocenters. The van der Waals surface area contributed by atoms with E-state index in [9.17, 15) is 13.6 Å². The summed E-state index contributed by atoms with van der Waals surface area (Å²) in [6.45, 7) is 0.514. The molecule has 2 rings (SSSR count). The maximum Gasteiger partial charge on any atom is 0.250 e. The zero-order chi connectivity index (χ0) is 14.5. The molecule has 1 heterocycles. The molecular weight excluding hydrogens is 282 g/mol. The number of nitrogens with zero attached hydrogens (tertiary/aromatic N) is 1. The standard InChI is InChI=1S/C14H14F2N2OS/c15-10-2-4-13(12(16)8-10)20-7-1-6-18-9-11(17)3-5-14(18)19/h2-5,8-9H,1,6-7,17H2. The Morgan fingerprint density at radius 2 is 2.00 bits per heavy atom. The van der Waals surface area contributed by atoms with E-state index in [4.69, 9.17) is 5.73 Å². The Labute approximate surface area is 119 Å². The molecule has 2 aromatic rings. The first-order chi connectivity index (χ1) is 9.56. The van der Waals surface area contributed by atoms with Crippen molar-refractivity contribution in [3.05, 3.63) is 58.5 Å². The van der Waals surface area contributed by atoms with Crippen LogP contribution >= 0.6 is 11.8 Å². The van der Waals surface area contributed by atoms with Crippen LogP contribution in [-0.2, 0) is 6.54 Å². The van der Waals surface area contributed by atoms with Crippen LogP contribution in [0, 0.1) is 11.6 Å². The Bertz CT molecular complexity index is 658. The molecule has 0 fully saturated rings. The molecule has 0 aliphatic rings. The van der Waals surface area contributed by atoms with E-state index in [1.807, 2.05) is 0 Å². The second-order valence-corrected chi connectivity index (χ2v) is 5.41. The van der Waals surface area contributed by atoms with Crippen LogP contribution in [0.5, 0.6) is 0 Å². The summed E-state index contributed by atoms with van der Waals surface area (Å²) in [5.74, 6) is -0.515. The van der Waals surface area contributed by atoms with Crippen LogP contribution in [-0.4, -0.2) is 10.3 Å². The zero-order valence-corrected chi connectivity index (χ0v) is 11.5. The van der Waals surface area contributed by atoms with Crippen LogP contribution in [0.1, 0.15) is 6.42 Å². The number of pyridine rings is 1. The summed E-state index contributed by atoms with van der Waals surface area (Å²) in [5.41, 5.74) is 6.02. The third-order valence-corrected chi connectivity index (χ3v) is 3.84. The first-order valence-corrected chi connectivity index (χ1v) is 7.08. The molecule has 0 saturated heterocycles. The lowest BCUT2D eigenvalue weighted by molar-refractivity contribution is 0.565. The zero-order valence-electron chi connectivity index (χ0n) is 10.7. The van der Waals surface area contributed by atoms with Crippen molar-refractivity contribution in [2.24, 2.45) is 0 Å². The largest absolute Gasteiger partial charge is 0.398 e. The van der Waals surface area contributed by atoms with Crippen molar-refractivity contribution in [3.63, 3.8) is 0 Å². The Morgan fingerprint density at radius 3 is 2.75 bits per heavy atom. The minimum absolute atomic E-state index is 0.114. The molecule has 0 amide bonds. The monoisotopic (exact) mass is 296 g/mol. The van der Waals surface area contributed by atoms with Crippen LogP contribution in [0.4, 0.5) is 14.5 Å². The van der Waals surface area contributed by atoms with E-state index >= 15 is 0 Å². The van der Waals surface area contributed by atoms with E-state index in [0.717, 1.165) is 6.07 Å². The van der Waals surface area contributed by atoms with Gasteiger partial charge in [0.1, 0.15) is 11.6 Å². The summed E-state index contributed by atoms with van der Waals surface area (Å²) < 4.78 is 27.7. The molecule has 0 bridgehead atoms. The summed E-state index contributed by atoms with van der Waals surface area (Å²) in [5, 5.41) is 0. The number of aryl methyl sites for hydroxylation is 1. The van der Waals surface area contributed by atoms with Gasteiger partial charge in [-0.3, -0.25) is 4.79 Å². The van der Waals surface area contributed by atoms with Gasteiger partial charge in [0.2, 0.25) is 0 Å². The van der Waals surface area contributed by atoms with Gasteiger partial charge in [0.15, 0.2) is 0 Å². The molecule has 1 aromatic carbocycles. The predicted octanol–water partition coefficient (Wildman–Crippen LogP) is 2.89. The van der Waals surface area contributed by atoms with Crippen LogP contribution < -0.4 is 11.3 Å². The maximum absolute atomic E-state index is 13.4. The number of benzene rings is 1. The van der Waals surface area contributed by atoms with Crippen molar-refractivity contribution >= 4 is 17.4 Å². The van der Waals surface area contributed by atoms with Crippen molar-refractivity contribution < 1.29 is 8.78 Å². The highest BCUT2D eigenvalue weighted by molar-refractivity contribution is 7.99. The van der Waals surface area contributed by atoms with E-state index in [1.54, 1.807) is 12.3 Å². The normalized spacial score (nSPS) is 10.7. The molecular formula is C14H14F2N2OS. The number of nitrogen functional groups attached to an aromatic ring is 1. The number of thioether (sulfide) groups is 1. The first-order valence-electron chi connectivity index (χ1n) is 6.10. The Balaban J connectivity index is 1.87. The molecule has 0 radical (unpaired) electrons. The van der Waals surface area contributed by atoms with Crippen molar-refractivity contribution in [1.82, 2.24) is 4.57 Å². The third kappa shape index (κ3) is 3.84. The minimum atomic E-state index is -0.585. The molecule has 106 valence electrons. The highest BCUT2D eigenvalue weighted by atomic mass is 32.2. The van der Waals surface area contributed by atoms with Gasteiger partial charge in [0, 0.05) is 35.5 Å². The number of halogens is 2. The van der Waals surface area contributed by atoms with Gasteiger partial charge in [-0.25, -0.2) is 8.78 Å². The number of hydrogen-bond donors (Lipinski definition) is 1. The average molecular weight is 296 g/mol. The lowest BCUT2D eigenvalue weighted by Crippen LogP contribution is -2.19. The van der Waals surface area contributed by atoms with Crippen molar-refractivity contribution in [2.45, 2.75) is 17.9 Å². The topological polar surface area (TPSA) is 48.0 Å². The third-order valence-electron chi connectivity index (χ3n) is 2.70. The van der Waals surface area contributed by atoms with E-state index in [0.29, 0.717) is 29.3 Å². The summed E-state index contributed by atoms with van der Waals surface area (Å²) in [4.78, 5) is 11.9. The van der Waals surface area contributed by atoms with Crippen molar-refractivity contribution in [2.75, 3.05) is 11.5 Å². The molecule has 20 heavy (non-hydrogen) atoms. The van der Waals surface area contributed by atoms with Gasteiger partial charge >= 0.3 is 0 Å². The first kappa shape index (κ1) is 14.6. The molecule has 0 unspecified atom stereocenters. The van der Waals surface area contributed by atoms with Crippen LogP contribution in [0.2, 0.25) is 0 Å². The number of rotatable bonds is 5. The molecule has 3 nitrogen and oxygen atoms in total. The average Bonchev–Trinajstić information content (AvgIpc) is 2.40. The Kier molecular flexibility index (Phi) is 4.79. The van der Waals surface area contributed by atoms with Crippen LogP contribution in [0.25, 0.3) is 0 Å². The van der Waals surface area contributed by atoms with E-state index in [1.165, 1.54) is 34.5 Å². The smallest absolute Gasteiger partial charge is 0.250 e. The van der Waals surface area contributed by atoms with Gasteiger partial charge in [-0.15, -0.1) is 11.8 Å². The second kappa shape index (κ2) is 6.56. The van der Waals surface area contributed by atoms with Crippen molar-refractivity contribution in [3.8, 4) is 0 Å². The second-order valence-electron chi connectivity index (χ2n) is 4.27. The highest BCUT2D eigenvalue weighted by Crippen LogP contribution is 2.23. The summed E-state index contributed by atoms with van der Waals surface area (Å²) in [7, 11) is 0. The number of aromatic nitrogens is 1. The van der Waals surface area contributed by atoms with Gasteiger partial charge in [0.25, 0.3) is 5.56 Å². The Hall–Kier alpha value is -1.82. The molecule has 0 saturated carbocycles. The fraction of sp³-hybridized carbons (Fsp3) is 0.214. The molecule has 0 aliphatic carbocycles. The van der Waals surface area contributed by atoms with Gasteiger partial charge in [0.05, 0.1) is 0 Å². The molecule has 6 heteroatoms. The fourth-order valence-corrected chi connectivity index (χ4v) is 2.59. The Morgan fingerprint density at radius 1 is 1.20 bits per heavy atom. The maximum atomic E-state index is 13.4. The van der Waals surface area contributed by atoms with E-state index in [2.05, 4.69) is 0 Å². The van der Waals surface area contributed by atoms with Crippen LogP contribution in [0.3, 0.4) is 0 Å². The van der Waals surface area contributed by atoms with Gasteiger partial charge in [-0.05, 0) is 30.4 Å². The van der Waals surface area contributed by atoms with Gasteiger partial charge < -0.3 is 10.3 Å². The summed E-state index contributed by atoms with van der Waals surface area (Å²) in [6.07, 6.45) is 2.27. The summed E-state index contributed by atoms with van der Waals surface area (Å²) in [6, 6.07) is 6.49. The summed E-state index contributed by atoms with van der Waals surface area (Å²) >= 11 is 1.30. The molecule has 0 aliphatic heterocycles.